The molecule has 0 N–H and O–H groups in total. The summed E-state index contributed by atoms with van der Waals surface area (Å²) in [6.45, 7) is 5.54. The Kier molecular flexibility index (Phi) is 7.23. The van der Waals surface area contributed by atoms with Crippen molar-refractivity contribution in [2.24, 2.45) is 0 Å². The van der Waals surface area contributed by atoms with E-state index in [2.05, 4.69) is 19.6 Å². The van der Waals surface area contributed by atoms with Gasteiger partial charge >= 0.3 is 0 Å². The molecule has 0 aliphatic rings. The maximum absolute atomic E-state index is 4.75. The first-order valence-corrected chi connectivity index (χ1v) is 3.50. The molecule has 0 aromatic heterocycles. The number of unbranched alkanes of at least 4 members (excludes halogenated alkanes) is 1. The lowest BCUT2D eigenvalue weighted by molar-refractivity contribution is 0.405. The maximum atomic E-state index is 4.75. The fourth-order valence-electron chi connectivity index (χ4n) is 0.488. The second-order valence-electron chi connectivity index (χ2n) is 1.85. The fraction of sp³-hybridized carbons (Fsp3) is 0.333. The van der Waals surface area contributed by atoms with Crippen LogP contribution in [0, 0.1) is 0 Å². The molecule has 1 heteroatoms. The van der Waals surface area contributed by atoms with E-state index in [9.17, 15) is 0 Å². The van der Waals surface area contributed by atoms with Crippen LogP contribution in [0.25, 0.3) is 0 Å². The summed E-state index contributed by atoms with van der Waals surface area (Å²) >= 11 is 0. The molecule has 0 rings (SSSR count). The van der Waals surface area contributed by atoms with Gasteiger partial charge in [0.05, 0.1) is 12.5 Å². The van der Waals surface area contributed by atoms with Gasteiger partial charge in [0.1, 0.15) is 0 Å². The number of hydrogen-bond acceptors (Lipinski definition) is 1. The molecule has 0 aliphatic carbocycles. The van der Waals surface area contributed by atoms with Gasteiger partial charge in [-0.2, -0.15) is 0 Å². The van der Waals surface area contributed by atoms with E-state index in [0.29, 0.717) is 0 Å². The van der Waals surface area contributed by atoms with Crippen molar-refractivity contribution in [2.75, 3.05) is 0 Å². The molecule has 10 heavy (non-hydrogen) atoms. The molecule has 0 heterocycles. The molecule has 0 saturated carbocycles. The second kappa shape index (κ2) is 8.02. The van der Waals surface area contributed by atoms with Gasteiger partial charge in [-0.3, -0.25) is 0 Å². The van der Waals surface area contributed by atoms with Crippen LogP contribution in [0.2, 0.25) is 0 Å². The molecule has 56 valence electrons. The van der Waals surface area contributed by atoms with Crippen LogP contribution in [0.3, 0.4) is 0 Å². The maximum Gasteiger partial charge on any atom is 0.0900 e. The molecule has 0 unspecified atom stereocenters. The van der Waals surface area contributed by atoms with Gasteiger partial charge in [-0.15, -0.1) is 0 Å². The van der Waals surface area contributed by atoms with Crippen molar-refractivity contribution in [3.05, 3.63) is 37.3 Å². The van der Waals surface area contributed by atoms with Gasteiger partial charge in [-0.1, -0.05) is 32.1 Å². The average Bonchev–Trinajstić information content (AvgIpc) is 1.97. The third-order valence-electron chi connectivity index (χ3n) is 0.956. The Labute approximate surface area is 62.7 Å². The van der Waals surface area contributed by atoms with Gasteiger partial charge in [0, 0.05) is 0 Å². The van der Waals surface area contributed by atoms with Gasteiger partial charge in [-0.25, -0.2) is 0 Å². The van der Waals surface area contributed by atoms with E-state index in [4.69, 9.17) is 4.74 Å². The second-order valence-corrected chi connectivity index (χ2v) is 1.85. The highest BCUT2D eigenvalue weighted by atomic mass is 16.5. The Balaban J connectivity index is 3.22. The van der Waals surface area contributed by atoms with Crippen molar-refractivity contribution >= 4 is 0 Å². The third kappa shape index (κ3) is 7.02. The van der Waals surface area contributed by atoms with Crippen LogP contribution in [0.15, 0.2) is 37.3 Å². The predicted molar refractivity (Wildman–Crippen MR) is 44.5 cm³/mol. The third-order valence-corrected chi connectivity index (χ3v) is 0.956. The lowest BCUT2D eigenvalue weighted by Crippen LogP contribution is -1.61. The molecule has 0 fully saturated rings. The summed E-state index contributed by atoms with van der Waals surface area (Å²) in [4.78, 5) is 0. The van der Waals surface area contributed by atoms with Gasteiger partial charge in [0.2, 0.25) is 0 Å². The van der Waals surface area contributed by atoms with Crippen molar-refractivity contribution in [2.45, 2.75) is 19.8 Å². The summed E-state index contributed by atoms with van der Waals surface area (Å²) in [5, 5.41) is 0. The van der Waals surface area contributed by atoms with Crippen molar-refractivity contribution in [1.82, 2.24) is 0 Å². The predicted octanol–water partition coefficient (Wildman–Crippen LogP) is 3.02. The standard InChI is InChI=1S/C9H14O/c1-3-5-6-7-8-9-10-4-2/h4,6-9H,2-3,5H2,1H3/b7-6+,9-8+. The highest BCUT2D eigenvalue weighted by Gasteiger charge is 1.68. The number of rotatable bonds is 5. The molecule has 1 nitrogen and oxygen atoms in total. The quantitative estimate of drug-likeness (QED) is 0.419. The van der Waals surface area contributed by atoms with Crippen molar-refractivity contribution < 1.29 is 4.74 Å². The van der Waals surface area contributed by atoms with Gasteiger partial charge in [-0.05, 0) is 12.5 Å². The van der Waals surface area contributed by atoms with E-state index in [-0.39, 0.29) is 0 Å². The molecular weight excluding hydrogens is 124 g/mol. The van der Waals surface area contributed by atoms with E-state index in [1.807, 2.05) is 12.2 Å². The Morgan fingerprint density at radius 3 is 2.80 bits per heavy atom. The Morgan fingerprint density at radius 1 is 1.40 bits per heavy atom. The minimum Gasteiger partial charge on any atom is -0.473 e. The van der Waals surface area contributed by atoms with Gasteiger partial charge in [0.25, 0.3) is 0 Å². The average molecular weight is 138 g/mol. The molecule has 0 aromatic carbocycles. The molecule has 0 radical (unpaired) electrons. The lowest BCUT2D eigenvalue weighted by Gasteiger charge is -1.83. The van der Waals surface area contributed by atoms with Crippen molar-refractivity contribution in [3.63, 3.8) is 0 Å². The minimum absolute atomic E-state index is 1.12. The SMILES string of the molecule is C=CO/C=C/C=C/CCC. The van der Waals surface area contributed by atoms with Crippen molar-refractivity contribution in [3.8, 4) is 0 Å². The van der Waals surface area contributed by atoms with Crippen LogP contribution in [-0.4, -0.2) is 0 Å². The first-order valence-electron chi connectivity index (χ1n) is 3.50. The molecule has 0 atom stereocenters. The van der Waals surface area contributed by atoms with Crippen molar-refractivity contribution in [1.29, 1.82) is 0 Å². The van der Waals surface area contributed by atoms with E-state index >= 15 is 0 Å². The highest BCUT2D eigenvalue weighted by molar-refractivity contribution is 4.99. The van der Waals surface area contributed by atoms with E-state index in [0.717, 1.165) is 6.42 Å². The Hall–Kier alpha value is -0.980. The fourth-order valence-corrected chi connectivity index (χ4v) is 0.488. The van der Waals surface area contributed by atoms with E-state index in [1.54, 1.807) is 6.26 Å². The molecule has 0 aromatic rings. The first-order chi connectivity index (χ1) is 4.91. The summed E-state index contributed by atoms with van der Waals surface area (Å²) in [5.41, 5.74) is 0. The number of hydrogen-bond donors (Lipinski definition) is 0. The van der Waals surface area contributed by atoms with E-state index < -0.39 is 0 Å². The van der Waals surface area contributed by atoms with Gasteiger partial charge in [0.15, 0.2) is 0 Å². The largest absolute Gasteiger partial charge is 0.473 e. The van der Waals surface area contributed by atoms with Crippen LogP contribution in [0.5, 0.6) is 0 Å². The van der Waals surface area contributed by atoms with Crippen LogP contribution in [0.4, 0.5) is 0 Å². The molecular formula is C9H14O. The normalized spacial score (nSPS) is 10.9. The molecule has 0 aliphatic heterocycles. The highest BCUT2D eigenvalue weighted by Crippen LogP contribution is 1.88. The number of ether oxygens (including phenoxy) is 1. The summed E-state index contributed by atoms with van der Waals surface area (Å²) < 4.78 is 4.75. The lowest BCUT2D eigenvalue weighted by atomic mass is 10.3. The van der Waals surface area contributed by atoms with Crippen LogP contribution in [0.1, 0.15) is 19.8 Å². The van der Waals surface area contributed by atoms with Crippen LogP contribution in [-0.2, 0) is 4.74 Å². The first kappa shape index (κ1) is 9.02. The monoisotopic (exact) mass is 138 g/mol. The zero-order valence-electron chi connectivity index (χ0n) is 6.42. The Bertz CT molecular complexity index is 123. The zero-order valence-corrected chi connectivity index (χ0v) is 6.42. The zero-order chi connectivity index (χ0) is 7.66. The smallest absolute Gasteiger partial charge is 0.0900 e. The topological polar surface area (TPSA) is 9.23 Å². The molecule has 0 amide bonds. The Morgan fingerprint density at radius 2 is 2.20 bits per heavy atom. The molecule has 0 spiro atoms. The molecule has 0 saturated heterocycles. The molecule has 0 bridgehead atoms. The van der Waals surface area contributed by atoms with Crippen LogP contribution >= 0.6 is 0 Å². The summed E-state index contributed by atoms with van der Waals surface area (Å²) in [5.74, 6) is 0. The minimum atomic E-state index is 1.12. The summed E-state index contributed by atoms with van der Waals surface area (Å²) in [7, 11) is 0. The van der Waals surface area contributed by atoms with E-state index in [1.165, 1.54) is 12.7 Å². The number of allylic oxidation sites excluding steroid dienone is 3. The summed E-state index contributed by atoms with van der Waals surface area (Å²) in [6.07, 6.45) is 11.2. The summed E-state index contributed by atoms with van der Waals surface area (Å²) in [6, 6.07) is 0. The van der Waals surface area contributed by atoms with Crippen LogP contribution < -0.4 is 0 Å². The van der Waals surface area contributed by atoms with Gasteiger partial charge < -0.3 is 4.74 Å².